The summed E-state index contributed by atoms with van der Waals surface area (Å²) in [5, 5.41) is 2.06. The first kappa shape index (κ1) is 13.1. The normalized spacial score (nSPS) is 10.8. The van der Waals surface area contributed by atoms with Gasteiger partial charge in [0, 0.05) is 23.0 Å². The molecule has 1 aromatic carbocycles. The van der Waals surface area contributed by atoms with Crippen LogP contribution in [0.25, 0.3) is 10.9 Å². The Hall–Kier alpha value is -1.32. The van der Waals surface area contributed by atoms with Crippen molar-refractivity contribution in [2.24, 2.45) is 0 Å². The summed E-state index contributed by atoms with van der Waals surface area (Å²) < 4.78 is 0. The number of aromatic nitrogens is 1. The second kappa shape index (κ2) is 5.55. The fourth-order valence-corrected chi connectivity index (χ4v) is 2.25. The van der Waals surface area contributed by atoms with Crippen molar-refractivity contribution in [1.29, 1.82) is 0 Å². The highest BCUT2D eigenvalue weighted by molar-refractivity contribution is 6.37. The predicted molar refractivity (Wildman–Crippen MR) is 72.8 cm³/mol. The number of pyridine rings is 1. The SMILES string of the molecule is [NH]C(=O)CCCc1cnc2ccc(Cl)cc2c1Cl. The molecule has 0 aliphatic heterocycles. The highest BCUT2D eigenvalue weighted by Gasteiger charge is 2.08. The summed E-state index contributed by atoms with van der Waals surface area (Å²) in [7, 11) is 0. The van der Waals surface area contributed by atoms with Crippen LogP contribution in [-0.4, -0.2) is 10.9 Å². The number of nitrogens with one attached hydrogen (secondary N) is 1. The third-order valence-corrected chi connectivity index (χ3v) is 3.37. The number of hydrogen-bond donors (Lipinski definition) is 0. The second-order valence-corrected chi connectivity index (χ2v) is 4.85. The molecule has 0 atom stereocenters. The van der Waals surface area contributed by atoms with Crippen molar-refractivity contribution in [3.63, 3.8) is 0 Å². The van der Waals surface area contributed by atoms with E-state index in [1.54, 1.807) is 18.3 Å². The van der Waals surface area contributed by atoms with Crippen molar-refractivity contribution in [3.8, 4) is 0 Å². The van der Waals surface area contributed by atoms with E-state index in [0.29, 0.717) is 22.9 Å². The zero-order chi connectivity index (χ0) is 13.1. The minimum absolute atomic E-state index is 0.240. The molecule has 0 spiro atoms. The smallest absolute Gasteiger partial charge is 0.238 e. The molecule has 18 heavy (non-hydrogen) atoms. The summed E-state index contributed by atoms with van der Waals surface area (Å²) in [5.41, 5.74) is 8.53. The summed E-state index contributed by atoms with van der Waals surface area (Å²) in [6.45, 7) is 0. The van der Waals surface area contributed by atoms with Gasteiger partial charge in [0.05, 0.1) is 10.5 Å². The molecular weight excluding hydrogens is 271 g/mol. The third-order valence-electron chi connectivity index (χ3n) is 2.69. The van der Waals surface area contributed by atoms with E-state index in [0.717, 1.165) is 16.5 Å². The van der Waals surface area contributed by atoms with Gasteiger partial charge in [0.25, 0.3) is 0 Å². The van der Waals surface area contributed by atoms with E-state index in [1.165, 1.54) is 0 Å². The summed E-state index contributed by atoms with van der Waals surface area (Å²) in [4.78, 5) is 14.9. The van der Waals surface area contributed by atoms with Crippen LogP contribution in [0.1, 0.15) is 18.4 Å². The first-order valence-electron chi connectivity index (χ1n) is 5.55. The second-order valence-electron chi connectivity index (χ2n) is 4.04. The summed E-state index contributed by atoms with van der Waals surface area (Å²) >= 11 is 12.2. The van der Waals surface area contributed by atoms with Crippen LogP contribution in [0.3, 0.4) is 0 Å². The Morgan fingerprint density at radius 3 is 2.83 bits per heavy atom. The topological polar surface area (TPSA) is 53.8 Å². The Bertz CT molecular complexity index is 599. The first-order valence-corrected chi connectivity index (χ1v) is 6.30. The molecule has 0 bridgehead atoms. The first-order chi connectivity index (χ1) is 8.58. The molecule has 93 valence electrons. The largest absolute Gasteiger partial charge is 0.273 e. The van der Waals surface area contributed by atoms with Crippen molar-refractivity contribution >= 4 is 40.0 Å². The zero-order valence-corrected chi connectivity index (χ0v) is 11.1. The van der Waals surface area contributed by atoms with Gasteiger partial charge in [0.2, 0.25) is 5.91 Å². The summed E-state index contributed by atoms with van der Waals surface area (Å²) in [6.07, 6.45) is 3.20. The molecule has 0 aliphatic rings. The maximum absolute atomic E-state index is 10.6. The average molecular weight is 282 g/mol. The Balaban J connectivity index is 2.29. The van der Waals surface area contributed by atoms with E-state index in [1.807, 2.05) is 6.07 Å². The quantitative estimate of drug-likeness (QED) is 0.859. The lowest BCUT2D eigenvalue weighted by molar-refractivity contribution is -0.118. The molecule has 1 radical (unpaired) electrons. The number of benzene rings is 1. The lowest BCUT2D eigenvalue weighted by Gasteiger charge is -2.06. The van der Waals surface area contributed by atoms with Gasteiger partial charge in [-0.15, -0.1) is 0 Å². The Morgan fingerprint density at radius 1 is 1.33 bits per heavy atom. The minimum atomic E-state index is -0.553. The van der Waals surface area contributed by atoms with Crippen molar-refractivity contribution < 1.29 is 4.79 Å². The van der Waals surface area contributed by atoms with E-state index in [4.69, 9.17) is 28.9 Å². The highest BCUT2D eigenvalue weighted by atomic mass is 35.5. The van der Waals surface area contributed by atoms with Crippen molar-refractivity contribution in [1.82, 2.24) is 10.7 Å². The van der Waals surface area contributed by atoms with E-state index in [-0.39, 0.29) is 6.42 Å². The van der Waals surface area contributed by atoms with Crippen LogP contribution in [-0.2, 0) is 11.2 Å². The molecule has 0 saturated carbocycles. The van der Waals surface area contributed by atoms with Gasteiger partial charge in [-0.05, 0) is 36.6 Å². The van der Waals surface area contributed by atoms with E-state index >= 15 is 0 Å². The fourth-order valence-electron chi connectivity index (χ4n) is 1.79. The number of carbonyl (C=O) groups excluding carboxylic acids is 1. The number of halogens is 2. The van der Waals surface area contributed by atoms with Crippen LogP contribution in [0.5, 0.6) is 0 Å². The van der Waals surface area contributed by atoms with Crippen molar-refractivity contribution in [3.05, 3.63) is 40.0 Å². The van der Waals surface area contributed by atoms with Gasteiger partial charge in [-0.2, -0.15) is 0 Å². The lowest BCUT2D eigenvalue weighted by Crippen LogP contribution is -1.99. The van der Waals surface area contributed by atoms with Gasteiger partial charge >= 0.3 is 0 Å². The zero-order valence-electron chi connectivity index (χ0n) is 9.54. The monoisotopic (exact) mass is 281 g/mol. The maximum Gasteiger partial charge on any atom is 0.238 e. The Morgan fingerprint density at radius 2 is 2.11 bits per heavy atom. The van der Waals surface area contributed by atoms with Gasteiger partial charge in [0.1, 0.15) is 0 Å². The van der Waals surface area contributed by atoms with Gasteiger partial charge < -0.3 is 0 Å². The number of rotatable bonds is 4. The molecule has 0 fully saturated rings. The van der Waals surface area contributed by atoms with Crippen molar-refractivity contribution in [2.75, 3.05) is 0 Å². The Kier molecular flexibility index (Phi) is 4.04. The molecule has 5 heteroatoms. The van der Waals surface area contributed by atoms with Crippen LogP contribution in [0, 0.1) is 0 Å². The molecule has 2 aromatic rings. The number of nitrogens with zero attached hydrogens (tertiary/aromatic N) is 1. The third kappa shape index (κ3) is 2.92. The minimum Gasteiger partial charge on any atom is -0.273 e. The van der Waals surface area contributed by atoms with E-state index in [9.17, 15) is 4.79 Å². The van der Waals surface area contributed by atoms with Crippen LogP contribution in [0.15, 0.2) is 24.4 Å². The molecule has 1 heterocycles. The molecule has 2 rings (SSSR count). The summed E-state index contributed by atoms with van der Waals surface area (Å²) in [6, 6.07) is 5.37. The number of carbonyl (C=O) groups is 1. The highest BCUT2D eigenvalue weighted by Crippen LogP contribution is 2.28. The standard InChI is InChI=1S/C13H11Cl2N2O/c14-9-4-5-11-10(6-9)13(15)8(7-17-11)2-1-3-12(16)18/h4-7,16H,1-3H2. The number of fused-ring (bicyclic) bond motifs is 1. The van der Waals surface area contributed by atoms with Crippen LogP contribution < -0.4 is 5.73 Å². The number of aryl methyl sites for hydroxylation is 1. The van der Waals surface area contributed by atoms with Crippen LogP contribution in [0.4, 0.5) is 0 Å². The molecular formula is C13H11Cl2N2O. The van der Waals surface area contributed by atoms with Gasteiger partial charge in [-0.1, -0.05) is 23.2 Å². The average Bonchev–Trinajstić information content (AvgIpc) is 2.32. The Labute approximate surface area is 115 Å². The molecule has 0 unspecified atom stereocenters. The predicted octanol–water partition coefficient (Wildman–Crippen LogP) is 3.67. The molecule has 3 nitrogen and oxygen atoms in total. The molecule has 1 amide bonds. The van der Waals surface area contributed by atoms with Crippen molar-refractivity contribution in [2.45, 2.75) is 19.3 Å². The molecule has 0 aliphatic carbocycles. The fraction of sp³-hybridized carbons (Fsp3) is 0.231. The van der Waals surface area contributed by atoms with E-state index < -0.39 is 5.91 Å². The molecule has 0 saturated heterocycles. The van der Waals surface area contributed by atoms with Crippen LogP contribution >= 0.6 is 23.2 Å². The summed E-state index contributed by atoms with van der Waals surface area (Å²) in [5.74, 6) is -0.553. The van der Waals surface area contributed by atoms with E-state index in [2.05, 4.69) is 4.98 Å². The molecule has 1 aromatic heterocycles. The maximum atomic E-state index is 10.6. The van der Waals surface area contributed by atoms with Gasteiger partial charge in [-0.3, -0.25) is 15.5 Å². The number of amides is 1. The van der Waals surface area contributed by atoms with Gasteiger partial charge in [0.15, 0.2) is 0 Å². The van der Waals surface area contributed by atoms with Crippen LogP contribution in [0.2, 0.25) is 10.0 Å². The number of hydrogen-bond acceptors (Lipinski definition) is 2. The molecule has 1 N–H and O–H groups in total. The van der Waals surface area contributed by atoms with Gasteiger partial charge in [-0.25, -0.2) is 0 Å². The lowest BCUT2D eigenvalue weighted by atomic mass is 10.1.